The van der Waals surface area contributed by atoms with Gasteiger partial charge in [0.15, 0.2) is 6.61 Å². The van der Waals surface area contributed by atoms with Gasteiger partial charge in [-0.05, 0) is 47.4 Å². The fourth-order valence-corrected chi connectivity index (χ4v) is 3.84. The molecule has 3 aromatic rings. The fraction of sp³-hybridized carbons (Fsp3) is 0.250. The van der Waals surface area contributed by atoms with Gasteiger partial charge in [-0.2, -0.15) is 0 Å². The number of fused-ring (bicyclic) bond motifs is 1. The molecule has 0 radical (unpaired) electrons. The molecule has 0 fully saturated rings. The van der Waals surface area contributed by atoms with Crippen LogP contribution in [-0.2, 0) is 15.0 Å². The highest BCUT2D eigenvalue weighted by Gasteiger charge is 2.25. The van der Waals surface area contributed by atoms with E-state index in [9.17, 15) is 14.4 Å². The van der Waals surface area contributed by atoms with Crippen molar-refractivity contribution in [1.29, 1.82) is 0 Å². The second-order valence-corrected chi connectivity index (χ2v) is 9.43. The highest BCUT2D eigenvalue weighted by Crippen LogP contribution is 2.31. The largest absolute Gasteiger partial charge is 0.482 e. The van der Waals surface area contributed by atoms with E-state index in [1.165, 1.54) is 0 Å². The molecule has 0 unspecified atom stereocenters. The Bertz CT molecular complexity index is 1250. The molecule has 0 aliphatic carbocycles. The number of nitrogens with one attached hydrogen (secondary N) is 2. The van der Waals surface area contributed by atoms with Crippen molar-refractivity contribution >= 4 is 34.8 Å². The smallest absolute Gasteiger partial charge is 0.265 e. The summed E-state index contributed by atoms with van der Waals surface area (Å²) in [5.41, 5.74) is 3.32. The van der Waals surface area contributed by atoms with Gasteiger partial charge in [0.05, 0.1) is 17.1 Å². The Balaban J connectivity index is 1.40. The number of para-hydroxylation sites is 4. The fourth-order valence-electron chi connectivity index (χ4n) is 3.84. The van der Waals surface area contributed by atoms with Crippen LogP contribution in [0.25, 0.3) is 0 Å². The zero-order valence-electron chi connectivity index (χ0n) is 20.1. The van der Waals surface area contributed by atoms with Crippen molar-refractivity contribution in [3.8, 4) is 5.75 Å². The maximum atomic E-state index is 12.8. The van der Waals surface area contributed by atoms with E-state index in [2.05, 4.69) is 31.4 Å². The molecule has 0 aromatic heterocycles. The summed E-state index contributed by atoms with van der Waals surface area (Å²) in [7, 11) is 0. The molecule has 0 saturated heterocycles. The quantitative estimate of drug-likeness (QED) is 0.530. The van der Waals surface area contributed by atoms with E-state index >= 15 is 0 Å². The lowest BCUT2D eigenvalue weighted by Crippen LogP contribution is -2.40. The van der Waals surface area contributed by atoms with Crippen LogP contribution in [0.5, 0.6) is 5.75 Å². The predicted octanol–water partition coefficient (Wildman–Crippen LogP) is 4.99. The van der Waals surface area contributed by atoms with Crippen LogP contribution in [0.4, 0.5) is 17.1 Å². The Morgan fingerprint density at radius 1 is 0.886 bits per heavy atom. The number of carbonyl (C=O) groups excluding carboxylic acids is 3. The molecule has 4 rings (SSSR count). The average Bonchev–Trinajstić information content (AvgIpc) is 2.84. The highest BCUT2D eigenvalue weighted by atomic mass is 16.5. The number of amides is 3. The van der Waals surface area contributed by atoms with E-state index in [4.69, 9.17) is 4.74 Å². The molecule has 180 valence electrons. The van der Waals surface area contributed by atoms with Crippen molar-refractivity contribution in [3.63, 3.8) is 0 Å². The molecule has 3 aromatic carbocycles. The molecule has 7 heteroatoms. The summed E-state index contributed by atoms with van der Waals surface area (Å²) in [5, 5.41) is 5.73. The third-order valence-corrected chi connectivity index (χ3v) is 5.83. The van der Waals surface area contributed by atoms with Crippen LogP contribution in [0.2, 0.25) is 0 Å². The molecule has 0 bridgehead atoms. The van der Waals surface area contributed by atoms with Gasteiger partial charge in [0.25, 0.3) is 11.8 Å². The lowest BCUT2D eigenvalue weighted by molar-refractivity contribution is -0.121. The Hall–Kier alpha value is -4.13. The van der Waals surface area contributed by atoms with E-state index in [1.807, 2.05) is 24.3 Å². The van der Waals surface area contributed by atoms with E-state index in [-0.39, 0.29) is 42.7 Å². The van der Waals surface area contributed by atoms with Gasteiger partial charge in [-0.15, -0.1) is 0 Å². The Morgan fingerprint density at radius 3 is 2.20 bits per heavy atom. The van der Waals surface area contributed by atoms with Gasteiger partial charge >= 0.3 is 0 Å². The number of benzene rings is 3. The van der Waals surface area contributed by atoms with E-state index < -0.39 is 0 Å². The van der Waals surface area contributed by atoms with Crippen LogP contribution in [0.15, 0.2) is 72.8 Å². The SMILES string of the molecule is CC(C)(C)c1ccc(C(=O)Nc2ccccc2NC(=O)CCN2C(=O)COc3ccccc32)cc1. The van der Waals surface area contributed by atoms with E-state index in [1.54, 1.807) is 53.4 Å². The molecule has 1 aliphatic rings. The predicted molar refractivity (Wildman–Crippen MR) is 137 cm³/mol. The van der Waals surface area contributed by atoms with Gasteiger partial charge in [0, 0.05) is 18.5 Å². The van der Waals surface area contributed by atoms with Crippen LogP contribution in [0.1, 0.15) is 43.1 Å². The normalized spacial score (nSPS) is 13.0. The van der Waals surface area contributed by atoms with Crippen molar-refractivity contribution in [1.82, 2.24) is 0 Å². The highest BCUT2D eigenvalue weighted by molar-refractivity contribution is 6.07. The molecule has 1 aliphatic heterocycles. The van der Waals surface area contributed by atoms with Gasteiger partial charge in [-0.25, -0.2) is 0 Å². The van der Waals surface area contributed by atoms with Crippen molar-refractivity contribution in [3.05, 3.63) is 83.9 Å². The van der Waals surface area contributed by atoms with Crippen LogP contribution >= 0.6 is 0 Å². The summed E-state index contributed by atoms with van der Waals surface area (Å²) in [4.78, 5) is 39.4. The first-order valence-electron chi connectivity index (χ1n) is 11.6. The Morgan fingerprint density at radius 2 is 1.51 bits per heavy atom. The number of nitrogens with zero attached hydrogens (tertiary/aromatic N) is 1. The monoisotopic (exact) mass is 471 g/mol. The molecule has 35 heavy (non-hydrogen) atoms. The number of rotatable bonds is 6. The molecule has 1 heterocycles. The third-order valence-electron chi connectivity index (χ3n) is 5.83. The first kappa shape index (κ1) is 24.0. The van der Waals surface area contributed by atoms with Crippen LogP contribution < -0.4 is 20.3 Å². The molecule has 3 amide bonds. The lowest BCUT2D eigenvalue weighted by atomic mass is 9.87. The standard InChI is InChI=1S/C28H29N3O4/c1-28(2,3)20-14-12-19(13-15-20)27(34)30-22-9-5-4-8-21(22)29-25(32)16-17-31-23-10-6-7-11-24(23)35-18-26(31)33/h4-15H,16-18H2,1-3H3,(H,29,32)(H,30,34). The Kier molecular flexibility index (Phi) is 6.87. The van der Waals surface area contributed by atoms with E-state index in [0.717, 1.165) is 5.56 Å². The lowest BCUT2D eigenvalue weighted by Gasteiger charge is -2.29. The number of ether oxygens (including phenoxy) is 1. The van der Waals surface area contributed by atoms with Crippen LogP contribution in [0.3, 0.4) is 0 Å². The van der Waals surface area contributed by atoms with Crippen LogP contribution in [-0.4, -0.2) is 30.9 Å². The molecular formula is C28H29N3O4. The third kappa shape index (κ3) is 5.69. The zero-order valence-corrected chi connectivity index (χ0v) is 20.1. The minimum Gasteiger partial charge on any atom is -0.482 e. The summed E-state index contributed by atoms with van der Waals surface area (Å²) in [6, 6.07) is 21.8. The van der Waals surface area contributed by atoms with Crippen molar-refractivity contribution < 1.29 is 19.1 Å². The van der Waals surface area contributed by atoms with Gasteiger partial charge in [-0.1, -0.05) is 57.2 Å². The summed E-state index contributed by atoms with van der Waals surface area (Å²) >= 11 is 0. The van der Waals surface area contributed by atoms with Crippen LogP contribution in [0, 0.1) is 0 Å². The van der Waals surface area contributed by atoms with Crippen molar-refractivity contribution in [2.75, 3.05) is 28.7 Å². The number of hydrogen-bond acceptors (Lipinski definition) is 4. The Labute approximate surface area is 205 Å². The molecule has 0 atom stereocenters. The molecule has 0 saturated carbocycles. The summed E-state index contributed by atoms with van der Waals surface area (Å²) < 4.78 is 5.45. The van der Waals surface area contributed by atoms with Gasteiger partial charge in [0.1, 0.15) is 5.75 Å². The number of carbonyl (C=O) groups is 3. The van der Waals surface area contributed by atoms with Gasteiger partial charge in [-0.3, -0.25) is 14.4 Å². The second-order valence-electron chi connectivity index (χ2n) is 9.43. The maximum Gasteiger partial charge on any atom is 0.265 e. The summed E-state index contributed by atoms with van der Waals surface area (Å²) in [6.45, 7) is 6.53. The van der Waals surface area contributed by atoms with Gasteiger partial charge < -0.3 is 20.3 Å². The molecule has 7 nitrogen and oxygen atoms in total. The molecule has 2 N–H and O–H groups in total. The molecular weight excluding hydrogens is 442 g/mol. The zero-order chi connectivity index (χ0) is 25.0. The topological polar surface area (TPSA) is 87.7 Å². The van der Waals surface area contributed by atoms with E-state index in [0.29, 0.717) is 28.4 Å². The average molecular weight is 472 g/mol. The second kappa shape index (κ2) is 10.0. The summed E-state index contributed by atoms with van der Waals surface area (Å²) in [5.74, 6) is -0.0987. The first-order valence-corrected chi connectivity index (χ1v) is 11.6. The number of anilines is 3. The van der Waals surface area contributed by atoms with Gasteiger partial charge in [0.2, 0.25) is 5.91 Å². The minimum atomic E-state index is -0.266. The summed E-state index contributed by atoms with van der Waals surface area (Å²) in [6.07, 6.45) is 0.0939. The first-order chi connectivity index (χ1) is 16.7. The van der Waals surface area contributed by atoms with Crippen molar-refractivity contribution in [2.45, 2.75) is 32.6 Å². The van der Waals surface area contributed by atoms with Crippen molar-refractivity contribution in [2.24, 2.45) is 0 Å². The number of hydrogen-bond donors (Lipinski definition) is 2. The molecule has 0 spiro atoms. The maximum absolute atomic E-state index is 12.8. The minimum absolute atomic E-state index is 0.000198.